The summed E-state index contributed by atoms with van der Waals surface area (Å²) in [5.74, 6) is 1.90. The van der Waals surface area contributed by atoms with E-state index in [-0.39, 0.29) is 0 Å². The zero-order valence-electron chi connectivity index (χ0n) is 15.9. The second-order valence-electron chi connectivity index (χ2n) is 6.13. The summed E-state index contributed by atoms with van der Waals surface area (Å²) < 4.78 is 12.8. The van der Waals surface area contributed by atoms with Gasteiger partial charge in [-0.1, -0.05) is 13.0 Å². The summed E-state index contributed by atoms with van der Waals surface area (Å²) in [6, 6.07) is 12.0. The second-order valence-corrected chi connectivity index (χ2v) is 7.33. The number of nitrogens with one attached hydrogen (secondary N) is 1. The zero-order chi connectivity index (χ0) is 19.4. The van der Waals surface area contributed by atoms with Gasteiger partial charge in [0.05, 0.1) is 30.6 Å². The number of ether oxygens (including phenoxy) is 1. The molecule has 1 aromatic carbocycles. The minimum atomic E-state index is 0.829. The summed E-state index contributed by atoms with van der Waals surface area (Å²) in [5, 5.41) is 1.77. The van der Waals surface area contributed by atoms with Crippen LogP contribution in [0, 0.1) is 6.92 Å². The highest BCUT2D eigenvalue weighted by atomic mass is 32.2. The highest BCUT2D eigenvalue weighted by molar-refractivity contribution is 7.99. The summed E-state index contributed by atoms with van der Waals surface area (Å²) in [6.45, 7) is 4.21. The van der Waals surface area contributed by atoms with Crippen molar-refractivity contribution in [2.75, 3.05) is 18.5 Å². The van der Waals surface area contributed by atoms with Gasteiger partial charge in [-0.25, -0.2) is 4.98 Å². The van der Waals surface area contributed by atoms with Crippen molar-refractivity contribution in [1.29, 1.82) is 0 Å². The number of benzene rings is 1. The molecule has 2 aromatic heterocycles. The molecule has 0 saturated carbocycles. The van der Waals surface area contributed by atoms with Gasteiger partial charge in [-0.15, -0.1) is 12.6 Å². The molecule has 5 nitrogen and oxygen atoms in total. The number of pyridine rings is 1. The SMILES string of the molecule is CCc1nc2ccc(C)cn2c1N(C)SN/C(=C\S)c1ccc(OC)cc1. The zero-order valence-corrected chi connectivity index (χ0v) is 17.6. The van der Waals surface area contributed by atoms with Crippen molar-refractivity contribution in [3.63, 3.8) is 0 Å². The Morgan fingerprint density at radius 2 is 2.04 bits per heavy atom. The number of anilines is 1. The summed E-state index contributed by atoms with van der Waals surface area (Å²) in [7, 11) is 3.70. The smallest absolute Gasteiger partial charge is 0.147 e. The number of hydrogen-bond acceptors (Lipinski definition) is 6. The molecule has 0 atom stereocenters. The number of aryl methyl sites for hydroxylation is 2. The van der Waals surface area contributed by atoms with E-state index in [4.69, 9.17) is 9.72 Å². The number of rotatable bonds is 7. The summed E-state index contributed by atoms with van der Waals surface area (Å²) in [4.78, 5) is 4.75. The average molecular weight is 401 g/mol. The Bertz CT molecular complexity index is 951. The second kappa shape index (κ2) is 8.63. The minimum Gasteiger partial charge on any atom is -0.497 e. The molecule has 2 heterocycles. The molecule has 0 bridgehead atoms. The lowest BCUT2D eigenvalue weighted by Crippen LogP contribution is -2.17. The van der Waals surface area contributed by atoms with Gasteiger partial charge in [-0.2, -0.15) is 0 Å². The first-order valence-corrected chi connectivity index (χ1v) is 9.99. The highest BCUT2D eigenvalue weighted by Gasteiger charge is 2.16. The molecule has 0 fully saturated rings. The molecule has 0 spiro atoms. The Morgan fingerprint density at radius 3 is 2.67 bits per heavy atom. The molecule has 0 aliphatic rings. The van der Waals surface area contributed by atoms with Crippen molar-refractivity contribution < 1.29 is 4.74 Å². The lowest BCUT2D eigenvalue weighted by molar-refractivity contribution is 0.415. The highest BCUT2D eigenvalue weighted by Crippen LogP contribution is 2.28. The topological polar surface area (TPSA) is 41.8 Å². The Kier molecular flexibility index (Phi) is 6.23. The first kappa shape index (κ1) is 19.5. The molecule has 0 radical (unpaired) electrons. The molecule has 3 aromatic rings. The van der Waals surface area contributed by atoms with Crippen LogP contribution in [0.4, 0.5) is 5.82 Å². The van der Waals surface area contributed by atoms with Gasteiger partial charge in [-0.05, 0) is 60.2 Å². The Balaban J connectivity index is 1.81. The van der Waals surface area contributed by atoms with Crippen LogP contribution >= 0.6 is 24.8 Å². The molecular weight excluding hydrogens is 376 g/mol. The van der Waals surface area contributed by atoms with Gasteiger partial charge in [0.25, 0.3) is 0 Å². The lowest BCUT2D eigenvalue weighted by atomic mass is 10.2. The quantitative estimate of drug-likeness (QED) is 0.443. The van der Waals surface area contributed by atoms with Crippen LogP contribution in [0.25, 0.3) is 11.3 Å². The third-order valence-electron chi connectivity index (χ3n) is 4.27. The number of methoxy groups -OCH3 is 1. The molecule has 0 unspecified atom stereocenters. The van der Waals surface area contributed by atoms with E-state index in [2.05, 4.69) is 58.2 Å². The largest absolute Gasteiger partial charge is 0.497 e. The van der Waals surface area contributed by atoms with E-state index >= 15 is 0 Å². The maximum atomic E-state index is 5.22. The number of nitrogens with zero attached hydrogens (tertiary/aromatic N) is 3. The number of aromatic nitrogens is 2. The van der Waals surface area contributed by atoms with Gasteiger partial charge < -0.3 is 9.46 Å². The van der Waals surface area contributed by atoms with Gasteiger partial charge in [-0.3, -0.25) is 8.71 Å². The van der Waals surface area contributed by atoms with Gasteiger partial charge in [0, 0.05) is 13.2 Å². The van der Waals surface area contributed by atoms with Gasteiger partial charge in [0.2, 0.25) is 0 Å². The monoisotopic (exact) mass is 400 g/mol. The van der Waals surface area contributed by atoms with E-state index in [0.29, 0.717) is 0 Å². The molecule has 1 N–H and O–H groups in total. The Morgan fingerprint density at radius 1 is 1.30 bits per heavy atom. The van der Waals surface area contributed by atoms with Gasteiger partial charge >= 0.3 is 0 Å². The van der Waals surface area contributed by atoms with E-state index in [1.807, 2.05) is 31.3 Å². The Hall–Kier alpha value is -2.25. The van der Waals surface area contributed by atoms with Crippen LogP contribution in [0.2, 0.25) is 0 Å². The van der Waals surface area contributed by atoms with E-state index in [0.717, 1.165) is 40.6 Å². The van der Waals surface area contributed by atoms with Crippen molar-refractivity contribution in [3.8, 4) is 5.75 Å². The standard InChI is InChI=1S/C20H24N4OS2/c1-5-17-20(24-12-14(2)6-11-19(24)21-17)23(3)27-22-18(13-26)15-7-9-16(25-4)10-8-15/h6-13,22,26H,5H2,1-4H3/b18-13-. The van der Waals surface area contributed by atoms with Crippen LogP contribution in [0.3, 0.4) is 0 Å². The van der Waals surface area contributed by atoms with Crippen molar-refractivity contribution in [3.05, 3.63) is 64.8 Å². The van der Waals surface area contributed by atoms with E-state index in [1.54, 1.807) is 12.5 Å². The average Bonchev–Trinajstić information content (AvgIpc) is 3.06. The van der Waals surface area contributed by atoms with E-state index in [1.165, 1.54) is 17.7 Å². The predicted molar refractivity (Wildman–Crippen MR) is 118 cm³/mol. The maximum absolute atomic E-state index is 5.22. The molecule has 7 heteroatoms. The number of thiol groups is 1. The van der Waals surface area contributed by atoms with Gasteiger partial charge in [0.15, 0.2) is 0 Å². The molecule has 27 heavy (non-hydrogen) atoms. The molecule has 3 rings (SSSR count). The van der Waals surface area contributed by atoms with Gasteiger partial charge in [0.1, 0.15) is 17.2 Å². The van der Waals surface area contributed by atoms with Crippen LogP contribution in [-0.2, 0) is 6.42 Å². The van der Waals surface area contributed by atoms with Crippen LogP contribution in [0.5, 0.6) is 5.75 Å². The fourth-order valence-corrected chi connectivity index (χ4v) is 3.84. The molecule has 142 valence electrons. The van der Waals surface area contributed by atoms with Crippen LogP contribution in [-0.4, -0.2) is 23.5 Å². The normalized spacial score (nSPS) is 11.7. The van der Waals surface area contributed by atoms with Crippen molar-refractivity contribution >= 4 is 41.9 Å². The van der Waals surface area contributed by atoms with Crippen LogP contribution in [0.1, 0.15) is 23.7 Å². The Labute approximate surface area is 170 Å². The molecule has 0 saturated heterocycles. The molecular formula is C20H24N4OS2. The van der Waals surface area contributed by atoms with Crippen LogP contribution < -0.4 is 13.8 Å². The number of imidazole rings is 1. The summed E-state index contributed by atoms with van der Waals surface area (Å²) in [5.41, 5.74) is 5.18. The predicted octanol–water partition coefficient (Wildman–Crippen LogP) is 4.73. The van der Waals surface area contributed by atoms with E-state index in [9.17, 15) is 0 Å². The molecule has 0 amide bonds. The number of fused-ring (bicyclic) bond motifs is 1. The third kappa shape index (κ3) is 4.20. The minimum absolute atomic E-state index is 0.829. The molecule has 0 aliphatic carbocycles. The fraction of sp³-hybridized carbons (Fsp3) is 0.250. The number of hydrogen-bond donors (Lipinski definition) is 2. The van der Waals surface area contributed by atoms with Crippen molar-refractivity contribution in [1.82, 2.24) is 14.1 Å². The van der Waals surface area contributed by atoms with E-state index < -0.39 is 0 Å². The van der Waals surface area contributed by atoms with Crippen molar-refractivity contribution in [2.24, 2.45) is 0 Å². The first-order valence-electron chi connectivity index (χ1n) is 8.70. The lowest BCUT2D eigenvalue weighted by Gasteiger charge is -2.20. The van der Waals surface area contributed by atoms with Crippen LogP contribution in [0.15, 0.2) is 48.0 Å². The van der Waals surface area contributed by atoms with Crippen molar-refractivity contribution in [2.45, 2.75) is 20.3 Å². The fourth-order valence-electron chi connectivity index (χ4n) is 2.85. The molecule has 0 aliphatic heterocycles. The first-order chi connectivity index (χ1) is 13.1. The maximum Gasteiger partial charge on any atom is 0.147 e. The third-order valence-corrected chi connectivity index (χ3v) is 5.28. The summed E-state index contributed by atoms with van der Waals surface area (Å²) in [6.07, 6.45) is 2.99. The summed E-state index contributed by atoms with van der Waals surface area (Å²) >= 11 is 5.86.